The number of hydrogen-bond donors (Lipinski definition) is 0. The van der Waals surface area contributed by atoms with Gasteiger partial charge in [-0.15, -0.1) is 0 Å². The van der Waals surface area contributed by atoms with Crippen LogP contribution in [-0.4, -0.2) is 15.9 Å². The van der Waals surface area contributed by atoms with Crippen LogP contribution in [0.25, 0.3) is 0 Å². The average Bonchev–Trinajstić information content (AvgIpc) is 2.76. The Kier molecular flexibility index (Phi) is 3.22. The Morgan fingerprint density at radius 1 is 1.28 bits per heavy atom. The summed E-state index contributed by atoms with van der Waals surface area (Å²) < 4.78 is 26.8. The zero-order chi connectivity index (χ0) is 12.8. The topological polar surface area (TPSA) is 25.8 Å². The molecule has 0 bridgehead atoms. The van der Waals surface area contributed by atoms with Crippen LogP contribution in [0.2, 0.25) is 5.15 Å². The third-order valence-electron chi connectivity index (χ3n) is 3.55. The minimum Gasteiger partial charge on any atom is -0.236 e. The van der Waals surface area contributed by atoms with E-state index in [0.29, 0.717) is 17.4 Å². The van der Waals surface area contributed by atoms with E-state index in [-0.39, 0.29) is 18.8 Å². The summed E-state index contributed by atoms with van der Waals surface area (Å²) in [6.45, 7) is 0. The quantitative estimate of drug-likeness (QED) is 0.726. The molecule has 0 aromatic carbocycles. The standard InChI is InChI=1S/C12H13ClF2N2S/c13-10-8-5-18-6-9(8)16-11(17-10)7-2-1-3-12(14,15)4-7/h7H,1-6H2. The molecule has 1 fully saturated rings. The molecule has 1 saturated carbocycles. The maximum absolute atomic E-state index is 13.4. The highest BCUT2D eigenvalue weighted by Crippen LogP contribution is 2.42. The van der Waals surface area contributed by atoms with Gasteiger partial charge in [-0.2, -0.15) is 11.8 Å². The van der Waals surface area contributed by atoms with E-state index in [1.165, 1.54) is 0 Å². The summed E-state index contributed by atoms with van der Waals surface area (Å²) in [5.41, 5.74) is 1.91. The minimum absolute atomic E-state index is 0.0158. The highest BCUT2D eigenvalue weighted by atomic mass is 35.5. The molecule has 18 heavy (non-hydrogen) atoms. The first-order valence-electron chi connectivity index (χ1n) is 6.06. The Labute approximate surface area is 114 Å². The van der Waals surface area contributed by atoms with Crippen LogP contribution in [0.5, 0.6) is 0 Å². The lowest BCUT2D eigenvalue weighted by atomic mass is 9.86. The maximum atomic E-state index is 13.4. The average molecular weight is 291 g/mol. The first-order valence-corrected chi connectivity index (χ1v) is 7.59. The van der Waals surface area contributed by atoms with E-state index in [4.69, 9.17) is 11.6 Å². The molecule has 1 unspecified atom stereocenters. The Bertz CT molecular complexity index is 481. The molecule has 2 aliphatic rings. The summed E-state index contributed by atoms with van der Waals surface area (Å²) in [6.07, 6.45) is 1.11. The van der Waals surface area contributed by atoms with Crippen molar-refractivity contribution >= 4 is 23.4 Å². The fourth-order valence-corrected chi connectivity index (χ4v) is 3.99. The van der Waals surface area contributed by atoms with Crippen LogP contribution in [0.15, 0.2) is 0 Å². The fraction of sp³-hybridized carbons (Fsp3) is 0.667. The van der Waals surface area contributed by atoms with Gasteiger partial charge in [0.05, 0.1) is 5.69 Å². The summed E-state index contributed by atoms with van der Waals surface area (Å²) in [5, 5.41) is 0.453. The molecule has 1 atom stereocenters. The van der Waals surface area contributed by atoms with Gasteiger partial charge in [-0.3, -0.25) is 0 Å². The van der Waals surface area contributed by atoms with Crippen molar-refractivity contribution < 1.29 is 8.78 Å². The summed E-state index contributed by atoms with van der Waals surface area (Å²) in [7, 11) is 0. The van der Waals surface area contributed by atoms with Crippen molar-refractivity contribution in [3.63, 3.8) is 0 Å². The zero-order valence-electron chi connectivity index (χ0n) is 9.76. The van der Waals surface area contributed by atoms with Crippen LogP contribution >= 0.6 is 23.4 Å². The molecule has 0 radical (unpaired) electrons. The van der Waals surface area contributed by atoms with Crippen LogP contribution in [0.4, 0.5) is 8.78 Å². The molecule has 0 saturated heterocycles. The van der Waals surface area contributed by atoms with Gasteiger partial charge >= 0.3 is 0 Å². The summed E-state index contributed by atoms with van der Waals surface area (Å²) in [4.78, 5) is 8.70. The van der Waals surface area contributed by atoms with E-state index in [2.05, 4.69) is 9.97 Å². The molecule has 2 heterocycles. The predicted octanol–water partition coefficient (Wildman–Crippen LogP) is 4.17. The second-order valence-corrected chi connectivity index (χ2v) is 6.28. The second kappa shape index (κ2) is 4.60. The van der Waals surface area contributed by atoms with Crippen LogP contribution < -0.4 is 0 Å². The number of alkyl halides is 2. The van der Waals surface area contributed by atoms with Gasteiger partial charge in [-0.05, 0) is 12.8 Å². The number of fused-ring (bicyclic) bond motifs is 1. The number of rotatable bonds is 1. The molecule has 1 aliphatic carbocycles. The Morgan fingerprint density at radius 2 is 2.11 bits per heavy atom. The first kappa shape index (κ1) is 12.6. The van der Waals surface area contributed by atoms with E-state index in [0.717, 1.165) is 29.2 Å². The summed E-state index contributed by atoms with van der Waals surface area (Å²) in [5.74, 6) is -0.669. The lowest BCUT2D eigenvalue weighted by molar-refractivity contribution is -0.0417. The minimum atomic E-state index is -2.58. The Balaban J connectivity index is 1.91. The summed E-state index contributed by atoms with van der Waals surface area (Å²) >= 11 is 7.85. The van der Waals surface area contributed by atoms with Gasteiger partial charge in [0.25, 0.3) is 0 Å². The van der Waals surface area contributed by atoms with Crippen molar-refractivity contribution in [1.29, 1.82) is 0 Å². The van der Waals surface area contributed by atoms with Gasteiger partial charge in [0, 0.05) is 35.8 Å². The van der Waals surface area contributed by atoms with Crippen molar-refractivity contribution in [3.8, 4) is 0 Å². The van der Waals surface area contributed by atoms with E-state index >= 15 is 0 Å². The number of hydrogen-bond acceptors (Lipinski definition) is 3. The number of nitrogens with zero attached hydrogens (tertiary/aromatic N) is 2. The van der Waals surface area contributed by atoms with E-state index < -0.39 is 5.92 Å². The molecule has 6 heteroatoms. The van der Waals surface area contributed by atoms with Crippen molar-refractivity contribution in [2.24, 2.45) is 0 Å². The van der Waals surface area contributed by atoms with Gasteiger partial charge in [0.2, 0.25) is 5.92 Å². The Morgan fingerprint density at radius 3 is 2.89 bits per heavy atom. The summed E-state index contributed by atoms with van der Waals surface area (Å²) in [6, 6.07) is 0. The Hall–Kier alpha value is -0.420. The predicted molar refractivity (Wildman–Crippen MR) is 68.2 cm³/mol. The van der Waals surface area contributed by atoms with Crippen molar-refractivity contribution in [2.75, 3.05) is 0 Å². The van der Waals surface area contributed by atoms with E-state index in [9.17, 15) is 8.78 Å². The van der Waals surface area contributed by atoms with Crippen LogP contribution in [0, 0.1) is 0 Å². The van der Waals surface area contributed by atoms with Gasteiger partial charge < -0.3 is 0 Å². The fourth-order valence-electron chi connectivity index (χ4n) is 2.60. The molecule has 98 valence electrons. The molecule has 0 spiro atoms. The third kappa shape index (κ3) is 2.35. The van der Waals surface area contributed by atoms with Crippen LogP contribution in [-0.2, 0) is 11.5 Å². The highest BCUT2D eigenvalue weighted by Gasteiger charge is 2.38. The smallest absolute Gasteiger partial charge is 0.236 e. The molecule has 0 amide bonds. The molecule has 1 aromatic rings. The molecular formula is C12H13ClF2N2S. The van der Waals surface area contributed by atoms with Gasteiger partial charge in [0.1, 0.15) is 11.0 Å². The van der Waals surface area contributed by atoms with Crippen LogP contribution in [0.1, 0.15) is 48.7 Å². The maximum Gasteiger partial charge on any atom is 0.248 e. The highest BCUT2D eigenvalue weighted by molar-refractivity contribution is 7.98. The lowest BCUT2D eigenvalue weighted by Gasteiger charge is -2.28. The molecule has 1 aliphatic heterocycles. The van der Waals surface area contributed by atoms with E-state index in [1.54, 1.807) is 11.8 Å². The second-order valence-electron chi connectivity index (χ2n) is 4.94. The molecular weight excluding hydrogens is 278 g/mol. The first-order chi connectivity index (χ1) is 8.55. The normalized spacial score (nSPS) is 26.1. The molecule has 2 nitrogen and oxygen atoms in total. The van der Waals surface area contributed by atoms with Crippen molar-refractivity contribution in [2.45, 2.75) is 49.0 Å². The molecule has 1 aromatic heterocycles. The monoisotopic (exact) mass is 290 g/mol. The van der Waals surface area contributed by atoms with Crippen molar-refractivity contribution in [3.05, 3.63) is 22.2 Å². The van der Waals surface area contributed by atoms with Crippen molar-refractivity contribution in [1.82, 2.24) is 9.97 Å². The number of thioether (sulfide) groups is 1. The molecule has 3 rings (SSSR count). The largest absolute Gasteiger partial charge is 0.248 e. The van der Waals surface area contributed by atoms with Gasteiger partial charge in [-0.1, -0.05) is 11.6 Å². The molecule has 0 N–H and O–H groups in total. The SMILES string of the molecule is FC1(F)CCCC(c2nc(Cl)c3c(n2)CSC3)C1. The third-order valence-corrected chi connectivity index (χ3v) is 4.83. The zero-order valence-corrected chi connectivity index (χ0v) is 11.3. The number of aromatic nitrogens is 2. The lowest BCUT2D eigenvalue weighted by Crippen LogP contribution is -2.26. The van der Waals surface area contributed by atoms with Gasteiger partial charge in [0.15, 0.2) is 0 Å². The van der Waals surface area contributed by atoms with Gasteiger partial charge in [-0.25, -0.2) is 18.7 Å². The van der Waals surface area contributed by atoms with Crippen LogP contribution in [0.3, 0.4) is 0 Å². The number of halogens is 3. The van der Waals surface area contributed by atoms with E-state index in [1.807, 2.05) is 0 Å².